The van der Waals surface area contributed by atoms with Gasteiger partial charge < -0.3 is 5.73 Å². The van der Waals surface area contributed by atoms with E-state index in [9.17, 15) is 17.6 Å². The molecule has 0 amide bonds. The molecule has 0 bridgehead atoms. The first kappa shape index (κ1) is 14.9. The van der Waals surface area contributed by atoms with Gasteiger partial charge in [0.15, 0.2) is 5.01 Å². The third-order valence-electron chi connectivity index (χ3n) is 2.72. The standard InChI is InChI=1S/C12H11F4N3S/c1-2-9(17)11-19-18-10(20-11)7-5-6(12(14,15)16)3-4-8(7)13/h3-5,9H,2,17H2,1H3. The zero-order valence-electron chi connectivity index (χ0n) is 10.4. The van der Waals surface area contributed by atoms with Crippen LogP contribution in [0.25, 0.3) is 10.6 Å². The quantitative estimate of drug-likeness (QED) is 0.878. The van der Waals surface area contributed by atoms with Crippen LogP contribution in [0.3, 0.4) is 0 Å². The fourth-order valence-electron chi connectivity index (χ4n) is 1.53. The Labute approximate surface area is 116 Å². The van der Waals surface area contributed by atoms with Crippen LogP contribution in [0.5, 0.6) is 0 Å². The van der Waals surface area contributed by atoms with Crippen molar-refractivity contribution in [2.24, 2.45) is 5.73 Å². The highest BCUT2D eigenvalue weighted by molar-refractivity contribution is 7.14. The van der Waals surface area contributed by atoms with Crippen molar-refractivity contribution in [3.8, 4) is 10.6 Å². The third kappa shape index (κ3) is 2.96. The van der Waals surface area contributed by atoms with E-state index in [0.29, 0.717) is 17.5 Å². The molecule has 0 saturated heterocycles. The molecule has 2 N–H and O–H groups in total. The van der Waals surface area contributed by atoms with Crippen molar-refractivity contribution in [3.63, 3.8) is 0 Å². The fourth-order valence-corrected chi connectivity index (χ4v) is 2.48. The summed E-state index contributed by atoms with van der Waals surface area (Å²) in [6.45, 7) is 1.84. The Kier molecular flexibility index (Phi) is 4.05. The Morgan fingerprint density at radius 1 is 1.30 bits per heavy atom. The molecule has 1 aromatic heterocycles. The van der Waals surface area contributed by atoms with Gasteiger partial charge in [-0.3, -0.25) is 0 Å². The molecule has 0 spiro atoms. The van der Waals surface area contributed by atoms with Gasteiger partial charge in [0.1, 0.15) is 10.8 Å². The second-order valence-electron chi connectivity index (χ2n) is 4.15. The number of nitrogens with zero attached hydrogens (tertiary/aromatic N) is 2. The van der Waals surface area contributed by atoms with Crippen molar-refractivity contribution in [3.05, 3.63) is 34.6 Å². The molecule has 3 nitrogen and oxygen atoms in total. The van der Waals surface area contributed by atoms with Crippen molar-refractivity contribution in [2.75, 3.05) is 0 Å². The number of nitrogens with two attached hydrogens (primary N) is 1. The van der Waals surface area contributed by atoms with Crippen molar-refractivity contribution < 1.29 is 17.6 Å². The molecule has 1 aromatic carbocycles. The van der Waals surface area contributed by atoms with Crippen molar-refractivity contribution in [1.29, 1.82) is 0 Å². The number of hydrogen-bond acceptors (Lipinski definition) is 4. The van der Waals surface area contributed by atoms with Gasteiger partial charge >= 0.3 is 6.18 Å². The van der Waals surface area contributed by atoms with Crippen LogP contribution in [0.15, 0.2) is 18.2 Å². The SMILES string of the molecule is CCC(N)c1nnc(-c2cc(C(F)(F)F)ccc2F)s1. The Bertz CT molecular complexity index is 609. The topological polar surface area (TPSA) is 51.8 Å². The van der Waals surface area contributed by atoms with E-state index in [0.717, 1.165) is 23.5 Å². The predicted octanol–water partition coefficient (Wildman–Crippen LogP) is 3.77. The summed E-state index contributed by atoms with van der Waals surface area (Å²) in [6.07, 6.45) is -3.92. The van der Waals surface area contributed by atoms with Crippen LogP contribution >= 0.6 is 11.3 Å². The molecule has 0 aliphatic rings. The number of aromatic nitrogens is 2. The summed E-state index contributed by atoms with van der Waals surface area (Å²) in [5.41, 5.74) is 4.62. The monoisotopic (exact) mass is 305 g/mol. The second kappa shape index (κ2) is 5.45. The highest BCUT2D eigenvalue weighted by atomic mass is 32.1. The van der Waals surface area contributed by atoms with Crippen LogP contribution in [0.4, 0.5) is 17.6 Å². The predicted molar refractivity (Wildman–Crippen MR) is 67.5 cm³/mol. The minimum atomic E-state index is -4.53. The summed E-state index contributed by atoms with van der Waals surface area (Å²) in [5.74, 6) is -0.772. The summed E-state index contributed by atoms with van der Waals surface area (Å²) in [7, 11) is 0. The summed E-state index contributed by atoms with van der Waals surface area (Å²) >= 11 is 0.998. The third-order valence-corrected chi connectivity index (χ3v) is 3.81. The van der Waals surface area contributed by atoms with Gasteiger partial charge in [0.25, 0.3) is 0 Å². The maximum Gasteiger partial charge on any atom is 0.416 e. The van der Waals surface area contributed by atoms with Gasteiger partial charge in [-0.05, 0) is 24.6 Å². The molecule has 0 radical (unpaired) electrons. The molecule has 0 saturated carbocycles. The van der Waals surface area contributed by atoms with Gasteiger partial charge in [0.05, 0.1) is 11.6 Å². The molecule has 1 atom stereocenters. The summed E-state index contributed by atoms with van der Waals surface area (Å²) in [5, 5.41) is 8.07. The average molecular weight is 305 g/mol. The zero-order chi connectivity index (χ0) is 14.9. The zero-order valence-corrected chi connectivity index (χ0v) is 11.2. The molecular weight excluding hydrogens is 294 g/mol. The lowest BCUT2D eigenvalue weighted by Gasteiger charge is -2.08. The molecular formula is C12H11F4N3S. The molecule has 2 rings (SSSR count). The first-order valence-electron chi connectivity index (χ1n) is 5.79. The number of benzene rings is 1. The van der Waals surface area contributed by atoms with Crippen LogP contribution in [-0.2, 0) is 6.18 Å². The van der Waals surface area contributed by atoms with Crippen molar-refractivity contribution >= 4 is 11.3 Å². The molecule has 0 aliphatic heterocycles. The summed E-state index contributed by atoms with van der Waals surface area (Å²) in [6, 6.07) is 1.85. The van der Waals surface area contributed by atoms with Gasteiger partial charge in [-0.15, -0.1) is 10.2 Å². The normalized spacial score (nSPS) is 13.5. The van der Waals surface area contributed by atoms with Crippen LogP contribution in [0, 0.1) is 5.82 Å². The highest BCUT2D eigenvalue weighted by Crippen LogP contribution is 2.35. The second-order valence-corrected chi connectivity index (χ2v) is 5.16. The molecule has 1 unspecified atom stereocenters. The molecule has 8 heteroatoms. The average Bonchev–Trinajstić information content (AvgIpc) is 2.86. The van der Waals surface area contributed by atoms with E-state index in [1.54, 1.807) is 0 Å². The van der Waals surface area contributed by atoms with Gasteiger partial charge in [0.2, 0.25) is 0 Å². The minimum Gasteiger partial charge on any atom is -0.322 e. The van der Waals surface area contributed by atoms with Crippen LogP contribution in [0.2, 0.25) is 0 Å². The lowest BCUT2D eigenvalue weighted by molar-refractivity contribution is -0.137. The van der Waals surface area contributed by atoms with E-state index in [1.807, 2.05) is 6.92 Å². The van der Waals surface area contributed by atoms with Crippen LogP contribution in [-0.4, -0.2) is 10.2 Å². The van der Waals surface area contributed by atoms with Crippen molar-refractivity contribution in [2.45, 2.75) is 25.6 Å². The van der Waals surface area contributed by atoms with Gasteiger partial charge in [-0.25, -0.2) is 4.39 Å². The number of alkyl halides is 3. The lowest BCUT2D eigenvalue weighted by Crippen LogP contribution is -2.07. The molecule has 1 heterocycles. The first-order valence-corrected chi connectivity index (χ1v) is 6.60. The smallest absolute Gasteiger partial charge is 0.322 e. The van der Waals surface area contributed by atoms with E-state index < -0.39 is 17.6 Å². The van der Waals surface area contributed by atoms with Crippen LogP contribution in [0.1, 0.15) is 30.0 Å². The molecule has 108 valence electrons. The van der Waals surface area contributed by atoms with E-state index in [2.05, 4.69) is 10.2 Å². The molecule has 2 aromatic rings. The molecule has 0 aliphatic carbocycles. The lowest BCUT2D eigenvalue weighted by atomic mass is 10.1. The number of rotatable bonds is 3. The Hall–Kier alpha value is -1.54. The Morgan fingerprint density at radius 3 is 2.60 bits per heavy atom. The number of hydrogen-bond donors (Lipinski definition) is 1. The van der Waals surface area contributed by atoms with E-state index in [1.165, 1.54) is 0 Å². The molecule has 20 heavy (non-hydrogen) atoms. The summed E-state index contributed by atoms with van der Waals surface area (Å²) in [4.78, 5) is 0. The Balaban J connectivity index is 2.44. The minimum absolute atomic E-state index is 0.0903. The largest absolute Gasteiger partial charge is 0.416 e. The van der Waals surface area contributed by atoms with Gasteiger partial charge in [-0.1, -0.05) is 18.3 Å². The van der Waals surface area contributed by atoms with Gasteiger partial charge in [-0.2, -0.15) is 13.2 Å². The maximum absolute atomic E-state index is 13.7. The van der Waals surface area contributed by atoms with Gasteiger partial charge in [0, 0.05) is 5.56 Å². The van der Waals surface area contributed by atoms with E-state index in [-0.39, 0.29) is 16.6 Å². The Morgan fingerprint density at radius 2 is 2.00 bits per heavy atom. The fraction of sp³-hybridized carbons (Fsp3) is 0.333. The first-order chi connectivity index (χ1) is 9.32. The van der Waals surface area contributed by atoms with E-state index >= 15 is 0 Å². The maximum atomic E-state index is 13.7. The van der Waals surface area contributed by atoms with E-state index in [4.69, 9.17) is 5.73 Å². The summed E-state index contributed by atoms with van der Waals surface area (Å²) < 4.78 is 51.6. The highest BCUT2D eigenvalue weighted by Gasteiger charge is 2.31. The van der Waals surface area contributed by atoms with Crippen molar-refractivity contribution in [1.82, 2.24) is 10.2 Å². The molecule has 0 fully saturated rings. The van der Waals surface area contributed by atoms with Crippen LogP contribution < -0.4 is 5.73 Å². The number of halogens is 4.